The molecular weight excluding hydrogens is 209 g/mol. The maximum atomic E-state index is 11.5. The van der Waals surface area contributed by atoms with Crippen molar-refractivity contribution in [3.63, 3.8) is 0 Å². The zero-order valence-electron chi connectivity index (χ0n) is 8.95. The van der Waals surface area contributed by atoms with Crippen LogP contribution in [-0.4, -0.2) is 23.1 Å². The van der Waals surface area contributed by atoms with Gasteiger partial charge >= 0.3 is 0 Å². The molecule has 0 bridgehead atoms. The Morgan fingerprint density at radius 3 is 1.77 bits per heavy atom. The zero-order valence-corrected chi connectivity index (χ0v) is 10.6. The lowest BCUT2D eigenvalue weighted by Gasteiger charge is -2.46. The average molecular weight is 228 g/mol. The van der Waals surface area contributed by atoms with Gasteiger partial charge in [-0.2, -0.15) is 4.42 Å². The third kappa shape index (κ3) is 2.77. The molecule has 80 valence electrons. The van der Waals surface area contributed by atoms with Gasteiger partial charge in [0.15, 0.2) is 7.65 Å². The molecule has 0 aromatic heterocycles. The van der Waals surface area contributed by atoms with E-state index >= 15 is 0 Å². The van der Waals surface area contributed by atoms with Crippen LogP contribution < -0.4 is 4.89 Å². The summed E-state index contributed by atoms with van der Waals surface area (Å²) >= 11 is 5.73. The summed E-state index contributed by atoms with van der Waals surface area (Å²) in [4.78, 5) is 17.0. The zero-order chi connectivity index (χ0) is 10.6. The Morgan fingerprint density at radius 1 is 1.31 bits per heavy atom. The molecule has 0 aliphatic heterocycles. The van der Waals surface area contributed by atoms with E-state index in [0.29, 0.717) is 6.61 Å². The van der Waals surface area contributed by atoms with Crippen LogP contribution in [0.1, 0.15) is 34.6 Å². The standard InChI is InChI=1S/C8H19ClNO2P/c1-6-12-10(7(2)3,8(4)5)13(9)11/h7-8H,6H2,1-5H3. The molecule has 0 spiro atoms. The minimum Gasteiger partial charge on any atom is -0.767 e. The molecule has 0 radical (unpaired) electrons. The summed E-state index contributed by atoms with van der Waals surface area (Å²) in [7, 11) is -1.90. The molecule has 0 aliphatic rings. The van der Waals surface area contributed by atoms with Gasteiger partial charge in [0.25, 0.3) is 0 Å². The minimum absolute atomic E-state index is 0.0351. The number of hydroxylamine groups is 2. The van der Waals surface area contributed by atoms with E-state index in [1.165, 1.54) is 0 Å². The van der Waals surface area contributed by atoms with Crippen LogP contribution >= 0.6 is 18.9 Å². The highest BCUT2D eigenvalue weighted by Gasteiger charge is 2.39. The smallest absolute Gasteiger partial charge is 0.160 e. The van der Waals surface area contributed by atoms with Crippen LogP contribution in [0.15, 0.2) is 0 Å². The van der Waals surface area contributed by atoms with Gasteiger partial charge in [-0.05, 0) is 45.9 Å². The number of nitrogens with zero attached hydrogens (tertiary/aromatic N) is 1. The highest BCUT2D eigenvalue weighted by atomic mass is 35.7. The number of rotatable bonds is 5. The normalized spacial score (nSPS) is 15.5. The quantitative estimate of drug-likeness (QED) is 0.534. The van der Waals surface area contributed by atoms with Crippen molar-refractivity contribution in [2.75, 3.05) is 6.61 Å². The van der Waals surface area contributed by atoms with Crippen molar-refractivity contribution in [3.05, 3.63) is 0 Å². The summed E-state index contributed by atoms with van der Waals surface area (Å²) in [5.74, 6) is 0. The fourth-order valence-corrected chi connectivity index (χ4v) is 3.62. The summed E-state index contributed by atoms with van der Waals surface area (Å²) in [5.41, 5.74) is 0. The number of hydrogen-bond donors (Lipinski definition) is 0. The van der Waals surface area contributed by atoms with Gasteiger partial charge in [0, 0.05) is 0 Å². The third-order valence-electron chi connectivity index (χ3n) is 2.06. The van der Waals surface area contributed by atoms with Crippen molar-refractivity contribution in [2.45, 2.75) is 46.7 Å². The van der Waals surface area contributed by atoms with E-state index in [-0.39, 0.29) is 16.5 Å². The van der Waals surface area contributed by atoms with Gasteiger partial charge in [-0.1, -0.05) is 0 Å². The molecule has 0 saturated heterocycles. The maximum absolute atomic E-state index is 11.5. The summed E-state index contributed by atoms with van der Waals surface area (Å²) in [6.45, 7) is 10.3. The second kappa shape index (κ2) is 5.47. The van der Waals surface area contributed by atoms with Gasteiger partial charge in [-0.25, -0.2) is 4.84 Å². The molecule has 0 aliphatic carbocycles. The molecule has 1 unspecified atom stereocenters. The third-order valence-corrected chi connectivity index (χ3v) is 4.30. The molecule has 13 heavy (non-hydrogen) atoms. The van der Waals surface area contributed by atoms with E-state index in [4.69, 9.17) is 16.1 Å². The first-order valence-corrected chi connectivity index (χ1v) is 6.67. The predicted octanol–water partition coefficient (Wildman–Crippen LogP) is 2.40. The van der Waals surface area contributed by atoms with Crippen molar-refractivity contribution in [2.24, 2.45) is 0 Å². The van der Waals surface area contributed by atoms with Gasteiger partial charge < -0.3 is 4.89 Å². The SMILES string of the molecule is CCO[N+](C(C)C)(C(C)C)P([O-])Cl. The van der Waals surface area contributed by atoms with Gasteiger partial charge in [0.05, 0.1) is 0 Å². The van der Waals surface area contributed by atoms with Crippen LogP contribution in [0.25, 0.3) is 0 Å². The van der Waals surface area contributed by atoms with Crippen LogP contribution in [0.3, 0.4) is 0 Å². The maximum Gasteiger partial charge on any atom is 0.160 e. The highest BCUT2D eigenvalue weighted by molar-refractivity contribution is 7.73. The Labute approximate surface area is 86.9 Å². The van der Waals surface area contributed by atoms with Crippen LogP contribution in [0.2, 0.25) is 0 Å². The van der Waals surface area contributed by atoms with Crippen molar-refractivity contribution < 1.29 is 14.1 Å². The molecule has 1 atom stereocenters. The summed E-state index contributed by atoms with van der Waals surface area (Å²) in [6.07, 6.45) is 0. The molecule has 0 saturated carbocycles. The Balaban J connectivity index is 4.82. The van der Waals surface area contributed by atoms with Gasteiger partial charge in [0.2, 0.25) is 0 Å². The molecule has 3 nitrogen and oxygen atoms in total. The fraction of sp³-hybridized carbons (Fsp3) is 1.00. The molecule has 0 N–H and O–H groups in total. The van der Waals surface area contributed by atoms with Crippen LogP contribution in [0, 0.1) is 0 Å². The number of hydrogen-bond acceptors (Lipinski definition) is 2. The van der Waals surface area contributed by atoms with Gasteiger partial charge in [0.1, 0.15) is 18.7 Å². The molecule has 5 heteroatoms. The van der Waals surface area contributed by atoms with Gasteiger partial charge in [-0.15, -0.1) is 0 Å². The van der Waals surface area contributed by atoms with Crippen molar-refractivity contribution >= 4 is 18.9 Å². The largest absolute Gasteiger partial charge is 0.767 e. The van der Waals surface area contributed by atoms with Crippen molar-refractivity contribution in [1.29, 1.82) is 0 Å². The molecule has 0 fully saturated rings. The lowest BCUT2D eigenvalue weighted by Crippen LogP contribution is -2.54. The lowest BCUT2D eigenvalue weighted by atomic mass is 10.3. The minimum atomic E-state index is -1.90. The number of halogens is 1. The second-order valence-electron chi connectivity index (χ2n) is 3.50. The van der Waals surface area contributed by atoms with E-state index < -0.39 is 7.65 Å². The summed E-state index contributed by atoms with van der Waals surface area (Å²) in [6, 6.07) is 0.196. The van der Waals surface area contributed by atoms with Gasteiger partial charge in [-0.3, -0.25) is 0 Å². The van der Waals surface area contributed by atoms with E-state index in [0.717, 1.165) is 0 Å². The first-order valence-electron chi connectivity index (χ1n) is 4.56. The molecule has 0 heterocycles. The summed E-state index contributed by atoms with van der Waals surface area (Å²) < 4.78 is 0.0351. The van der Waals surface area contributed by atoms with Crippen molar-refractivity contribution in [3.8, 4) is 0 Å². The van der Waals surface area contributed by atoms with Crippen LogP contribution in [0.5, 0.6) is 0 Å². The van der Waals surface area contributed by atoms with Crippen LogP contribution in [0.4, 0.5) is 0 Å². The van der Waals surface area contributed by atoms with E-state index in [1.807, 2.05) is 34.6 Å². The average Bonchev–Trinajstić information content (AvgIpc) is 1.97. The lowest BCUT2D eigenvalue weighted by molar-refractivity contribution is -1.05. The van der Waals surface area contributed by atoms with E-state index in [1.54, 1.807) is 0 Å². The molecular formula is C8H19ClNO2P. The molecule has 0 aromatic carbocycles. The Bertz CT molecular complexity index is 131. The fourth-order valence-electron chi connectivity index (χ4n) is 1.51. The first-order chi connectivity index (χ1) is 5.89. The molecule has 0 aromatic rings. The van der Waals surface area contributed by atoms with E-state index in [2.05, 4.69) is 0 Å². The molecule has 0 amide bonds. The number of quaternary nitrogens is 1. The first kappa shape index (κ1) is 13.6. The highest BCUT2D eigenvalue weighted by Crippen LogP contribution is 2.49. The molecule has 0 rings (SSSR count). The predicted molar refractivity (Wildman–Crippen MR) is 54.9 cm³/mol. The van der Waals surface area contributed by atoms with Crippen molar-refractivity contribution in [1.82, 2.24) is 0 Å². The van der Waals surface area contributed by atoms with Crippen LogP contribution in [-0.2, 0) is 4.84 Å². The second-order valence-corrected chi connectivity index (χ2v) is 5.45. The Morgan fingerprint density at radius 2 is 1.69 bits per heavy atom. The monoisotopic (exact) mass is 227 g/mol. The Kier molecular flexibility index (Phi) is 5.73. The Hall–Kier alpha value is 0.600. The topological polar surface area (TPSA) is 32.3 Å². The van der Waals surface area contributed by atoms with E-state index in [9.17, 15) is 4.89 Å². The summed E-state index contributed by atoms with van der Waals surface area (Å²) in [5, 5.41) is 0.